The Morgan fingerprint density at radius 3 is 2.65 bits per heavy atom. The highest BCUT2D eigenvalue weighted by Crippen LogP contribution is 2.39. The van der Waals surface area contributed by atoms with Crippen molar-refractivity contribution in [1.29, 1.82) is 0 Å². The molecule has 0 bridgehead atoms. The first-order valence-electron chi connectivity index (χ1n) is 7.00. The minimum absolute atomic E-state index is 0.799. The number of thiazole rings is 1. The molecule has 17 heavy (non-hydrogen) atoms. The number of aryl methyl sites for hydroxylation is 1. The van der Waals surface area contributed by atoms with E-state index in [1.807, 2.05) is 11.3 Å². The summed E-state index contributed by atoms with van der Waals surface area (Å²) >= 11 is 1.95. The molecule has 94 valence electrons. The van der Waals surface area contributed by atoms with Crippen LogP contribution < -0.4 is 5.32 Å². The summed E-state index contributed by atoms with van der Waals surface area (Å²) in [6.45, 7) is 4.66. The Hall–Kier alpha value is -0.410. The molecule has 0 radical (unpaired) electrons. The fourth-order valence-corrected chi connectivity index (χ4v) is 4.08. The Morgan fingerprint density at radius 2 is 2.00 bits per heavy atom. The largest absolute Gasteiger partial charge is 0.317 e. The summed E-state index contributed by atoms with van der Waals surface area (Å²) in [4.78, 5) is 6.41. The highest BCUT2D eigenvalue weighted by Gasteiger charge is 2.25. The van der Waals surface area contributed by atoms with E-state index in [4.69, 9.17) is 4.98 Å². The molecule has 1 saturated carbocycles. The van der Waals surface area contributed by atoms with E-state index >= 15 is 0 Å². The zero-order valence-corrected chi connectivity index (χ0v) is 11.5. The second kappa shape index (κ2) is 5.07. The average molecular weight is 250 g/mol. The minimum Gasteiger partial charge on any atom is -0.317 e. The summed E-state index contributed by atoms with van der Waals surface area (Å²) < 4.78 is 0. The van der Waals surface area contributed by atoms with Gasteiger partial charge in [0, 0.05) is 17.2 Å². The maximum atomic E-state index is 4.92. The summed E-state index contributed by atoms with van der Waals surface area (Å²) in [5, 5.41) is 4.84. The van der Waals surface area contributed by atoms with Gasteiger partial charge in [0.15, 0.2) is 0 Å². The van der Waals surface area contributed by atoms with Crippen LogP contribution in [0.5, 0.6) is 0 Å². The van der Waals surface area contributed by atoms with Crippen LogP contribution in [-0.2, 0) is 6.42 Å². The van der Waals surface area contributed by atoms with Gasteiger partial charge in [-0.25, -0.2) is 4.98 Å². The standard InChI is InChI=1S/C14H22N2S/c1-10-14(12-3-2-4-12)16-13(17-10)9-11-5-7-15-8-6-11/h11-12,15H,2-9H2,1H3. The van der Waals surface area contributed by atoms with E-state index < -0.39 is 0 Å². The predicted molar refractivity (Wildman–Crippen MR) is 72.7 cm³/mol. The fraction of sp³-hybridized carbons (Fsp3) is 0.786. The minimum atomic E-state index is 0.799. The Balaban J connectivity index is 1.66. The molecule has 0 unspecified atom stereocenters. The van der Waals surface area contributed by atoms with Gasteiger partial charge in [-0.1, -0.05) is 6.42 Å². The molecule has 2 aliphatic rings. The van der Waals surface area contributed by atoms with Crippen molar-refractivity contribution in [3.63, 3.8) is 0 Å². The molecule has 1 aliphatic heterocycles. The third-order valence-electron chi connectivity index (χ3n) is 4.29. The van der Waals surface area contributed by atoms with Crippen molar-refractivity contribution >= 4 is 11.3 Å². The molecular formula is C14H22N2S. The van der Waals surface area contributed by atoms with Crippen molar-refractivity contribution in [3.05, 3.63) is 15.6 Å². The van der Waals surface area contributed by atoms with Gasteiger partial charge in [-0.3, -0.25) is 0 Å². The number of rotatable bonds is 3. The number of piperidine rings is 1. The van der Waals surface area contributed by atoms with Crippen LogP contribution in [-0.4, -0.2) is 18.1 Å². The third kappa shape index (κ3) is 2.55. The van der Waals surface area contributed by atoms with Crippen molar-refractivity contribution in [2.45, 2.75) is 51.4 Å². The first kappa shape index (κ1) is 11.7. The summed E-state index contributed by atoms with van der Waals surface area (Å²) in [7, 11) is 0. The van der Waals surface area contributed by atoms with Gasteiger partial charge in [0.1, 0.15) is 0 Å². The molecule has 0 atom stereocenters. The van der Waals surface area contributed by atoms with Gasteiger partial charge < -0.3 is 5.32 Å². The van der Waals surface area contributed by atoms with Gasteiger partial charge in [-0.15, -0.1) is 11.3 Å². The Labute approximate surface area is 108 Å². The monoisotopic (exact) mass is 250 g/mol. The molecule has 1 aromatic heterocycles. The van der Waals surface area contributed by atoms with E-state index in [1.54, 1.807) is 0 Å². The van der Waals surface area contributed by atoms with E-state index in [0.717, 1.165) is 11.8 Å². The number of nitrogens with zero attached hydrogens (tertiary/aromatic N) is 1. The molecule has 2 heterocycles. The molecule has 0 spiro atoms. The molecule has 2 fully saturated rings. The first-order valence-corrected chi connectivity index (χ1v) is 7.81. The SMILES string of the molecule is Cc1sc(CC2CCNCC2)nc1C1CCC1. The molecule has 1 aliphatic carbocycles. The van der Waals surface area contributed by atoms with Gasteiger partial charge in [0.25, 0.3) is 0 Å². The van der Waals surface area contributed by atoms with E-state index in [9.17, 15) is 0 Å². The smallest absolute Gasteiger partial charge is 0.0933 e. The van der Waals surface area contributed by atoms with Gasteiger partial charge in [-0.2, -0.15) is 0 Å². The number of nitrogens with one attached hydrogen (secondary N) is 1. The van der Waals surface area contributed by atoms with Crippen LogP contribution >= 0.6 is 11.3 Å². The number of hydrogen-bond donors (Lipinski definition) is 1. The van der Waals surface area contributed by atoms with Crippen molar-refractivity contribution in [2.24, 2.45) is 5.92 Å². The summed E-state index contributed by atoms with van der Waals surface area (Å²) in [6.07, 6.45) is 8.04. The van der Waals surface area contributed by atoms with E-state index in [0.29, 0.717) is 0 Å². The zero-order chi connectivity index (χ0) is 11.7. The number of aromatic nitrogens is 1. The molecule has 1 N–H and O–H groups in total. The molecule has 3 heteroatoms. The van der Waals surface area contributed by atoms with E-state index in [1.165, 1.54) is 67.2 Å². The molecule has 3 rings (SSSR count). The molecular weight excluding hydrogens is 228 g/mol. The third-order valence-corrected chi connectivity index (χ3v) is 5.30. The quantitative estimate of drug-likeness (QED) is 0.890. The van der Waals surface area contributed by atoms with Crippen LogP contribution in [0, 0.1) is 12.8 Å². The summed E-state index contributed by atoms with van der Waals surface area (Å²) in [6, 6.07) is 0. The second-order valence-corrected chi connectivity index (χ2v) is 6.86. The number of hydrogen-bond acceptors (Lipinski definition) is 3. The van der Waals surface area contributed by atoms with Crippen LogP contribution in [0.2, 0.25) is 0 Å². The van der Waals surface area contributed by atoms with E-state index in [-0.39, 0.29) is 0 Å². The Bertz CT molecular complexity index is 376. The highest BCUT2D eigenvalue weighted by molar-refractivity contribution is 7.11. The van der Waals surface area contributed by atoms with Crippen LogP contribution in [0.4, 0.5) is 0 Å². The van der Waals surface area contributed by atoms with Gasteiger partial charge in [0.2, 0.25) is 0 Å². The van der Waals surface area contributed by atoms with Crippen LogP contribution in [0.15, 0.2) is 0 Å². The first-order chi connectivity index (χ1) is 8.33. The Morgan fingerprint density at radius 1 is 1.24 bits per heavy atom. The van der Waals surface area contributed by atoms with Crippen LogP contribution in [0.25, 0.3) is 0 Å². The van der Waals surface area contributed by atoms with Gasteiger partial charge >= 0.3 is 0 Å². The molecule has 1 aromatic rings. The summed E-state index contributed by atoms with van der Waals surface area (Å²) in [5.74, 6) is 1.67. The predicted octanol–water partition coefficient (Wildman–Crippen LogP) is 3.26. The Kier molecular flexibility index (Phi) is 3.48. The lowest BCUT2D eigenvalue weighted by Crippen LogP contribution is -2.28. The zero-order valence-electron chi connectivity index (χ0n) is 10.7. The van der Waals surface area contributed by atoms with Crippen molar-refractivity contribution in [1.82, 2.24) is 10.3 Å². The normalized spacial score (nSPS) is 22.6. The highest BCUT2D eigenvalue weighted by atomic mass is 32.1. The van der Waals surface area contributed by atoms with Crippen LogP contribution in [0.3, 0.4) is 0 Å². The molecule has 0 aromatic carbocycles. The lowest BCUT2D eigenvalue weighted by atomic mass is 9.82. The second-order valence-electron chi connectivity index (χ2n) is 5.57. The molecule has 1 saturated heterocycles. The topological polar surface area (TPSA) is 24.9 Å². The van der Waals surface area contributed by atoms with Gasteiger partial charge in [-0.05, 0) is 51.6 Å². The van der Waals surface area contributed by atoms with Gasteiger partial charge in [0.05, 0.1) is 10.7 Å². The average Bonchev–Trinajstić information content (AvgIpc) is 2.59. The maximum Gasteiger partial charge on any atom is 0.0933 e. The maximum absolute atomic E-state index is 4.92. The van der Waals surface area contributed by atoms with Crippen molar-refractivity contribution in [2.75, 3.05) is 13.1 Å². The van der Waals surface area contributed by atoms with Crippen molar-refractivity contribution in [3.8, 4) is 0 Å². The molecule has 2 nitrogen and oxygen atoms in total. The lowest BCUT2D eigenvalue weighted by Gasteiger charge is -2.24. The van der Waals surface area contributed by atoms with E-state index in [2.05, 4.69) is 12.2 Å². The van der Waals surface area contributed by atoms with Crippen molar-refractivity contribution < 1.29 is 0 Å². The summed E-state index contributed by atoms with van der Waals surface area (Å²) in [5.41, 5.74) is 1.44. The lowest BCUT2D eigenvalue weighted by molar-refractivity contribution is 0.370. The van der Waals surface area contributed by atoms with Crippen LogP contribution in [0.1, 0.15) is 53.6 Å². The fourth-order valence-electron chi connectivity index (χ4n) is 2.95. The molecule has 0 amide bonds.